The number of primary amides is 1. The average Bonchev–Trinajstić information content (AvgIpc) is 2.65. The highest BCUT2D eigenvalue weighted by Crippen LogP contribution is 2.24. The highest BCUT2D eigenvalue weighted by Gasteiger charge is 2.14. The minimum atomic E-state index is -0.647. The first-order valence-electron chi connectivity index (χ1n) is 8.26. The van der Waals surface area contributed by atoms with Gasteiger partial charge in [0.1, 0.15) is 11.6 Å². The summed E-state index contributed by atoms with van der Waals surface area (Å²) in [7, 11) is 0. The fourth-order valence-corrected chi connectivity index (χ4v) is 3.40. The van der Waals surface area contributed by atoms with Crippen LogP contribution in [0.4, 0.5) is 5.69 Å². The first-order chi connectivity index (χ1) is 13.2. The smallest absolute Gasteiger partial charge is 0.287 e. The zero-order valence-corrected chi connectivity index (χ0v) is 17.5. The van der Waals surface area contributed by atoms with E-state index in [0.29, 0.717) is 12.1 Å². The van der Waals surface area contributed by atoms with Gasteiger partial charge in [0, 0.05) is 10.6 Å². The molecule has 2 amide bonds. The van der Waals surface area contributed by atoms with Crippen LogP contribution in [0.15, 0.2) is 34.1 Å². The standard InChI is InChI=1S/C17H19Cl2N5O3S/c1-3-12(16(20)26)23-28-13-6-10(5-4-9(13)2)22-14(25)8-24-17(27)15(19)11(18)7-21-24/h4-7,12,23H,3,8H2,1-2H3,(H2,20,26)(H,22,25). The molecule has 0 aliphatic heterocycles. The van der Waals surface area contributed by atoms with Gasteiger partial charge in [-0.2, -0.15) is 5.10 Å². The topological polar surface area (TPSA) is 119 Å². The molecule has 11 heteroatoms. The number of nitrogens with two attached hydrogens (primary N) is 1. The third-order valence-corrected chi connectivity index (χ3v) is 5.58. The molecule has 1 atom stereocenters. The number of carbonyl (C=O) groups excluding carboxylic acids is 2. The summed E-state index contributed by atoms with van der Waals surface area (Å²) in [6, 6.07) is 4.85. The van der Waals surface area contributed by atoms with Gasteiger partial charge in [-0.05, 0) is 43.0 Å². The Kier molecular flexibility index (Phi) is 7.88. The minimum absolute atomic E-state index is 0.0253. The summed E-state index contributed by atoms with van der Waals surface area (Å²) in [5, 5.41) is 6.33. The molecule has 0 aliphatic carbocycles. The van der Waals surface area contributed by atoms with Crippen LogP contribution in [-0.4, -0.2) is 27.6 Å². The molecule has 0 saturated heterocycles. The Labute approximate surface area is 175 Å². The van der Waals surface area contributed by atoms with Crippen molar-refractivity contribution in [3.63, 3.8) is 0 Å². The van der Waals surface area contributed by atoms with Gasteiger partial charge in [-0.25, -0.2) is 9.40 Å². The van der Waals surface area contributed by atoms with Crippen molar-refractivity contribution in [2.75, 3.05) is 5.32 Å². The summed E-state index contributed by atoms with van der Waals surface area (Å²) >= 11 is 12.8. The molecule has 2 aromatic rings. The van der Waals surface area contributed by atoms with Crippen LogP contribution in [0, 0.1) is 6.92 Å². The predicted molar refractivity (Wildman–Crippen MR) is 111 cm³/mol. The number of nitrogens with zero attached hydrogens (tertiary/aromatic N) is 2. The molecule has 0 radical (unpaired) electrons. The summed E-state index contributed by atoms with van der Waals surface area (Å²) < 4.78 is 3.94. The fourth-order valence-electron chi connectivity index (χ4n) is 2.16. The van der Waals surface area contributed by atoms with E-state index < -0.39 is 23.4 Å². The Morgan fingerprint density at radius 3 is 2.71 bits per heavy atom. The number of benzene rings is 1. The highest BCUT2D eigenvalue weighted by atomic mass is 35.5. The van der Waals surface area contributed by atoms with E-state index in [4.69, 9.17) is 28.9 Å². The molecule has 150 valence electrons. The number of nitrogens with one attached hydrogen (secondary N) is 2. The lowest BCUT2D eigenvalue weighted by Gasteiger charge is -2.14. The van der Waals surface area contributed by atoms with Crippen molar-refractivity contribution >= 4 is 52.7 Å². The lowest BCUT2D eigenvalue weighted by Crippen LogP contribution is -2.37. The summed E-state index contributed by atoms with van der Waals surface area (Å²) in [6.07, 6.45) is 1.76. The van der Waals surface area contributed by atoms with Crippen molar-refractivity contribution < 1.29 is 9.59 Å². The summed E-state index contributed by atoms with van der Waals surface area (Å²) in [6.45, 7) is 3.44. The molecule has 0 bridgehead atoms. The molecule has 8 nitrogen and oxygen atoms in total. The lowest BCUT2D eigenvalue weighted by molar-refractivity contribution is -0.119. The third-order valence-electron chi connectivity index (χ3n) is 3.77. The maximum atomic E-state index is 12.3. The molecule has 0 spiro atoms. The van der Waals surface area contributed by atoms with Crippen LogP contribution < -0.4 is 21.3 Å². The largest absolute Gasteiger partial charge is 0.368 e. The van der Waals surface area contributed by atoms with E-state index in [1.165, 1.54) is 18.1 Å². The van der Waals surface area contributed by atoms with Crippen molar-refractivity contribution in [3.05, 3.63) is 50.4 Å². The van der Waals surface area contributed by atoms with Gasteiger partial charge in [0.15, 0.2) is 0 Å². The van der Waals surface area contributed by atoms with E-state index in [1.54, 1.807) is 12.1 Å². The highest BCUT2D eigenvalue weighted by molar-refractivity contribution is 7.97. The van der Waals surface area contributed by atoms with Crippen LogP contribution in [0.5, 0.6) is 0 Å². The van der Waals surface area contributed by atoms with Gasteiger partial charge < -0.3 is 11.1 Å². The van der Waals surface area contributed by atoms with Gasteiger partial charge in [0.2, 0.25) is 11.8 Å². The molecule has 0 aliphatic rings. The van der Waals surface area contributed by atoms with E-state index in [9.17, 15) is 14.4 Å². The second-order valence-corrected chi connectivity index (χ2v) is 7.55. The molecule has 1 unspecified atom stereocenters. The average molecular weight is 444 g/mol. The van der Waals surface area contributed by atoms with Crippen LogP contribution in [0.3, 0.4) is 0 Å². The van der Waals surface area contributed by atoms with Crippen LogP contribution in [0.1, 0.15) is 18.9 Å². The van der Waals surface area contributed by atoms with Crippen molar-refractivity contribution in [3.8, 4) is 0 Å². The monoisotopic (exact) mass is 443 g/mol. The quantitative estimate of drug-likeness (QED) is 0.538. The van der Waals surface area contributed by atoms with Gasteiger partial charge >= 0.3 is 0 Å². The van der Waals surface area contributed by atoms with Crippen LogP contribution in [0.2, 0.25) is 10.0 Å². The summed E-state index contributed by atoms with van der Waals surface area (Å²) in [5.41, 5.74) is 6.16. The molecule has 2 rings (SSSR count). The number of hydrogen-bond acceptors (Lipinski definition) is 6. The Morgan fingerprint density at radius 2 is 2.07 bits per heavy atom. The maximum Gasteiger partial charge on any atom is 0.287 e. The molecule has 1 aromatic heterocycles. The number of aryl methyl sites for hydroxylation is 1. The number of aromatic nitrogens is 2. The Balaban J connectivity index is 2.08. The summed E-state index contributed by atoms with van der Waals surface area (Å²) in [4.78, 5) is 36.4. The molecule has 0 fully saturated rings. The molecule has 1 aromatic carbocycles. The molecular formula is C17H19Cl2N5O3S. The molecule has 0 saturated carbocycles. The van der Waals surface area contributed by atoms with E-state index >= 15 is 0 Å². The fraction of sp³-hybridized carbons (Fsp3) is 0.294. The third kappa shape index (κ3) is 5.71. The maximum absolute atomic E-state index is 12.3. The van der Waals surface area contributed by atoms with Crippen molar-refractivity contribution in [1.82, 2.24) is 14.5 Å². The van der Waals surface area contributed by atoms with E-state index in [2.05, 4.69) is 15.1 Å². The number of anilines is 1. The lowest BCUT2D eigenvalue weighted by atomic mass is 10.2. The minimum Gasteiger partial charge on any atom is -0.368 e. The molecule has 4 N–H and O–H groups in total. The molecular weight excluding hydrogens is 425 g/mol. The van der Waals surface area contributed by atoms with Crippen molar-refractivity contribution in [1.29, 1.82) is 0 Å². The van der Waals surface area contributed by atoms with Gasteiger partial charge in [-0.15, -0.1) is 0 Å². The Hall–Kier alpha value is -2.07. The Bertz CT molecular complexity index is 951. The summed E-state index contributed by atoms with van der Waals surface area (Å²) in [5.74, 6) is -0.888. The number of carbonyl (C=O) groups is 2. The number of amides is 2. The van der Waals surface area contributed by atoms with E-state index in [0.717, 1.165) is 15.1 Å². The van der Waals surface area contributed by atoms with Crippen LogP contribution >= 0.6 is 35.1 Å². The zero-order chi connectivity index (χ0) is 20.8. The van der Waals surface area contributed by atoms with Crippen molar-refractivity contribution in [2.24, 2.45) is 5.73 Å². The molecule has 28 heavy (non-hydrogen) atoms. The number of hydrogen-bond donors (Lipinski definition) is 3. The second-order valence-electron chi connectivity index (χ2n) is 5.88. The first-order valence-corrected chi connectivity index (χ1v) is 9.83. The van der Waals surface area contributed by atoms with Gasteiger partial charge in [0.25, 0.3) is 5.56 Å². The van der Waals surface area contributed by atoms with Gasteiger partial charge in [-0.1, -0.05) is 36.2 Å². The normalized spacial score (nSPS) is 11.9. The SMILES string of the molecule is CCC(NSc1cc(NC(=O)Cn2ncc(Cl)c(Cl)c2=O)ccc1C)C(N)=O. The first kappa shape index (κ1) is 22.2. The number of rotatable bonds is 8. The second kappa shape index (κ2) is 9.92. The van der Waals surface area contributed by atoms with E-state index in [1.807, 2.05) is 19.9 Å². The molecule has 1 heterocycles. The van der Waals surface area contributed by atoms with Crippen LogP contribution in [0.25, 0.3) is 0 Å². The number of halogens is 2. The van der Waals surface area contributed by atoms with E-state index in [-0.39, 0.29) is 16.6 Å². The van der Waals surface area contributed by atoms with Crippen molar-refractivity contribution in [2.45, 2.75) is 37.8 Å². The Morgan fingerprint density at radius 1 is 1.36 bits per heavy atom. The van der Waals surface area contributed by atoms with Crippen LogP contribution in [-0.2, 0) is 16.1 Å². The van der Waals surface area contributed by atoms with Gasteiger partial charge in [0.05, 0.1) is 17.3 Å². The zero-order valence-electron chi connectivity index (χ0n) is 15.2. The van der Waals surface area contributed by atoms with Gasteiger partial charge in [-0.3, -0.25) is 14.4 Å². The predicted octanol–water partition coefficient (Wildman–Crippen LogP) is 2.36.